The molecule has 0 aliphatic rings. The quantitative estimate of drug-likeness (QED) is 0.298. The van der Waals surface area contributed by atoms with E-state index in [2.05, 4.69) is 0 Å². The van der Waals surface area contributed by atoms with Gasteiger partial charge in [0.1, 0.15) is 22.5 Å². The first-order valence-corrected chi connectivity index (χ1v) is 9.90. The molecule has 0 aliphatic carbocycles. The lowest BCUT2D eigenvalue weighted by atomic mass is 10.1. The SMILES string of the molecule is COC(=O)c1cc(N(C(=O)OC(C)(C)C)C(=O)OC(C)(C)C)c(-c2ccccc2)[n+]([O-])c1. The molecule has 32 heavy (non-hydrogen) atoms. The number of methoxy groups -OCH3 is 1. The molecule has 1 aromatic carbocycles. The Hall–Kier alpha value is -3.62. The standard InChI is InChI=1S/C23H28N2O7/c1-22(2,3)31-20(27)25(21(28)32-23(4,5)6)17-13-16(19(26)30-7)14-24(29)18(17)15-11-9-8-10-12-15/h8-14H,1-7H3. The Kier molecular flexibility index (Phi) is 7.13. The highest BCUT2D eigenvalue weighted by Gasteiger charge is 2.37. The van der Waals surface area contributed by atoms with Gasteiger partial charge in [-0.2, -0.15) is 9.63 Å². The van der Waals surface area contributed by atoms with Gasteiger partial charge in [-0.3, -0.25) is 0 Å². The predicted molar refractivity (Wildman–Crippen MR) is 117 cm³/mol. The average molecular weight is 444 g/mol. The molecule has 0 unspecified atom stereocenters. The fraction of sp³-hybridized carbons (Fsp3) is 0.391. The van der Waals surface area contributed by atoms with Crippen LogP contribution in [0.3, 0.4) is 0 Å². The third kappa shape index (κ3) is 6.19. The highest BCUT2D eigenvalue weighted by atomic mass is 16.6. The summed E-state index contributed by atoms with van der Waals surface area (Å²) < 4.78 is 15.9. The van der Waals surface area contributed by atoms with Crippen molar-refractivity contribution in [3.8, 4) is 11.3 Å². The second-order valence-corrected chi connectivity index (χ2v) is 8.94. The molecule has 9 heteroatoms. The number of nitrogens with zero attached hydrogens (tertiary/aromatic N) is 2. The zero-order valence-corrected chi connectivity index (χ0v) is 19.3. The minimum absolute atomic E-state index is 0.0463. The molecule has 1 heterocycles. The molecule has 9 nitrogen and oxygen atoms in total. The highest BCUT2D eigenvalue weighted by molar-refractivity contribution is 6.12. The Morgan fingerprint density at radius 2 is 1.41 bits per heavy atom. The summed E-state index contributed by atoms with van der Waals surface area (Å²) in [5, 5.41) is 13.0. The first kappa shape index (κ1) is 24.6. The number of pyridine rings is 1. The first-order chi connectivity index (χ1) is 14.7. The van der Waals surface area contributed by atoms with Crippen molar-refractivity contribution >= 4 is 23.8 Å². The van der Waals surface area contributed by atoms with Crippen molar-refractivity contribution in [3.63, 3.8) is 0 Å². The number of hydrogen-bond donors (Lipinski definition) is 0. The van der Waals surface area contributed by atoms with Crippen molar-refractivity contribution in [2.75, 3.05) is 12.0 Å². The number of carbonyl (C=O) groups is 3. The van der Waals surface area contributed by atoms with Crippen molar-refractivity contribution in [2.24, 2.45) is 0 Å². The van der Waals surface area contributed by atoms with E-state index in [0.717, 1.165) is 13.3 Å². The van der Waals surface area contributed by atoms with Gasteiger partial charge in [0.25, 0.3) is 0 Å². The molecule has 172 valence electrons. The summed E-state index contributed by atoms with van der Waals surface area (Å²) in [4.78, 5) is 39.0. The summed E-state index contributed by atoms with van der Waals surface area (Å²) >= 11 is 0. The van der Waals surface area contributed by atoms with Crippen molar-refractivity contribution in [2.45, 2.75) is 52.7 Å². The van der Waals surface area contributed by atoms with Crippen molar-refractivity contribution in [1.82, 2.24) is 0 Å². The molecule has 0 saturated heterocycles. The highest BCUT2D eigenvalue weighted by Crippen LogP contribution is 2.31. The molecular formula is C23H28N2O7. The third-order valence-corrected chi connectivity index (χ3v) is 3.87. The van der Waals surface area contributed by atoms with Gasteiger partial charge in [0, 0.05) is 5.56 Å². The topological polar surface area (TPSA) is 109 Å². The lowest BCUT2D eigenvalue weighted by Gasteiger charge is -2.29. The van der Waals surface area contributed by atoms with Crippen LogP contribution in [0.5, 0.6) is 0 Å². The van der Waals surface area contributed by atoms with Gasteiger partial charge in [-0.15, -0.1) is 0 Å². The fourth-order valence-electron chi connectivity index (χ4n) is 2.71. The van der Waals surface area contributed by atoms with Crippen LogP contribution in [0, 0.1) is 5.21 Å². The molecule has 0 fully saturated rings. The van der Waals surface area contributed by atoms with Gasteiger partial charge < -0.3 is 19.4 Å². The Balaban J connectivity index is 2.81. The Bertz CT molecular complexity index is 977. The predicted octanol–water partition coefficient (Wildman–Crippen LogP) is 4.45. The maximum Gasteiger partial charge on any atom is 0.424 e. The van der Waals surface area contributed by atoms with Crippen LogP contribution in [-0.2, 0) is 14.2 Å². The molecule has 2 rings (SSSR count). The number of benzene rings is 1. The Labute approximate surface area is 187 Å². The molecule has 2 amide bonds. The van der Waals surface area contributed by atoms with Crippen molar-refractivity contribution < 1.29 is 33.3 Å². The summed E-state index contributed by atoms with van der Waals surface area (Å²) in [5.41, 5.74) is -1.87. The molecule has 0 radical (unpaired) electrons. The summed E-state index contributed by atoms with van der Waals surface area (Å²) in [6.07, 6.45) is -1.11. The second-order valence-electron chi connectivity index (χ2n) is 8.94. The minimum atomic E-state index is -1.06. The first-order valence-electron chi connectivity index (χ1n) is 9.90. The zero-order valence-electron chi connectivity index (χ0n) is 19.3. The van der Waals surface area contributed by atoms with Crippen LogP contribution in [0.4, 0.5) is 15.3 Å². The largest absolute Gasteiger partial charge is 0.618 e. The zero-order chi connectivity index (χ0) is 24.3. The van der Waals surface area contributed by atoms with Gasteiger partial charge in [-0.25, -0.2) is 14.4 Å². The van der Waals surface area contributed by atoms with E-state index in [1.54, 1.807) is 71.9 Å². The van der Waals surface area contributed by atoms with Crippen LogP contribution >= 0.6 is 0 Å². The molecule has 0 N–H and O–H groups in total. The summed E-state index contributed by atoms with van der Waals surface area (Å²) in [6, 6.07) is 9.62. The molecule has 0 bridgehead atoms. The number of amides is 2. The van der Waals surface area contributed by atoms with Crippen LogP contribution in [0.15, 0.2) is 42.6 Å². The van der Waals surface area contributed by atoms with E-state index in [0.29, 0.717) is 15.2 Å². The monoisotopic (exact) mass is 444 g/mol. The Morgan fingerprint density at radius 1 is 0.906 bits per heavy atom. The van der Waals surface area contributed by atoms with Gasteiger partial charge in [-0.1, -0.05) is 18.2 Å². The number of ether oxygens (including phenoxy) is 3. The average Bonchev–Trinajstić information content (AvgIpc) is 2.65. The number of aromatic nitrogens is 1. The van der Waals surface area contributed by atoms with E-state index in [9.17, 15) is 19.6 Å². The van der Waals surface area contributed by atoms with Gasteiger partial charge in [0.05, 0.1) is 7.11 Å². The van der Waals surface area contributed by atoms with Crippen LogP contribution in [0.2, 0.25) is 0 Å². The molecule has 0 atom stereocenters. The van der Waals surface area contributed by atoms with E-state index < -0.39 is 29.4 Å². The summed E-state index contributed by atoms with van der Waals surface area (Å²) in [7, 11) is 1.15. The number of anilines is 1. The van der Waals surface area contributed by atoms with E-state index in [-0.39, 0.29) is 16.9 Å². The maximum atomic E-state index is 13.1. The normalized spacial score (nSPS) is 11.5. The van der Waals surface area contributed by atoms with Gasteiger partial charge in [0.15, 0.2) is 6.20 Å². The molecule has 0 saturated carbocycles. The second kappa shape index (κ2) is 9.25. The molecule has 1 aromatic heterocycles. The van der Waals surface area contributed by atoms with Gasteiger partial charge >= 0.3 is 18.2 Å². The van der Waals surface area contributed by atoms with Crippen LogP contribution in [0.25, 0.3) is 11.3 Å². The van der Waals surface area contributed by atoms with Crippen LogP contribution in [-0.4, -0.2) is 36.5 Å². The summed E-state index contributed by atoms with van der Waals surface area (Å²) in [5.74, 6) is -0.816. The number of carbonyl (C=O) groups excluding carboxylic acids is 3. The van der Waals surface area contributed by atoms with Crippen molar-refractivity contribution in [1.29, 1.82) is 0 Å². The summed E-state index contributed by atoms with van der Waals surface area (Å²) in [6.45, 7) is 9.80. The fourth-order valence-corrected chi connectivity index (χ4v) is 2.71. The van der Waals surface area contributed by atoms with E-state index in [1.165, 1.54) is 6.07 Å². The van der Waals surface area contributed by atoms with Gasteiger partial charge in [0.2, 0.25) is 5.69 Å². The van der Waals surface area contributed by atoms with E-state index in [1.807, 2.05) is 0 Å². The Morgan fingerprint density at radius 3 is 1.84 bits per heavy atom. The van der Waals surface area contributed by atoms with Crippen LogP contribution in [0.1, 0.15) is 51.9 Å². The molecule has 0 spiro atoms. The van der Waals surface area contributed by atoms with Gasteiger partial charge in [-0.05, 0) is 59.7 Å². The smallest absolute Gasteiger partial charge is 0.424 e. The third-order valence-electron chi connectivity index (χ3n) is 3.87. The molecule has 0 aliphatic heterocycles. The number of rotatable bonds is 3. The molecular weight excluding hydrogens is 416 g/mol. The lowest BCUT2D eigenvalue weighted by Crippen LogP contribution is -2.45. The molecule has 2 aromatic rings. The number of hydrogen-bond acceptors (Lipinski definition) is 7. The number of esters is 1. The lowest BCUT2D eigenvalue weighted by molar-refractivity contribution is -0.593. The van der Waals surface area contributed by atoms with Crippen molar-refractivity contribution in [3.05, 3.63) is 53.4 Å². The minimum Gasteiger partial charge on any atom is -0.618 e. The maximum absolute atomic E-state index is 13.1. The number of imide groups is 1. The van der Waals surface area contributed by atoms with Crippen LogP contribution < -0.4 is 9.63 Å². The van der Waals surface area contributed by atoms with E-state index >= 15 is 0 Å². The van der Waals surface area contributed by atoms with E-state index in [4.69, 9.17) is 14.2 Å².